The number of rotatable bonds is 4. The van der Waals surface area contributed by atoms with Crippen LogP contribution in [-0.2, 0) is 0 Å². The van der Waals surface area contributed by atoms with E-state index in [1.165, 1.54) is 12.4 Å². The molecule has 1 N–H and O–H groups in total. The number of aryl methyl sites for hydroxylation is 1. The molecule has 1 amide bonds. The van der Waals surface area contributed by atoms with Crippen molar-refractivity contribution in [1.82, 2.24) is 19.5 Å². The second kappa shape index (κ2) is 6.84. The number of fused-ring (bicyclic) bond motifs is 1. The fourth-order valence-corrected chi connectivity index (χ4v) is 3.62. The van der Waals surface area contributed by atoms with E-state index in [2.05, 4.69) is 20.3 Å². The number of hydrogen-bond acceptors (Lipinski definition) is 5. The number of para-hydroxylation sites is 1. The zero-order chi connectivity index (χ0) is 19.0. The second-order valence-electron chi connectivity index (χ2n) is 5.71. The molecule has 0 aliphatic heterocycles. The Morgan fingerprint density at radius 2 is 2.00 bits per heavy atom. The first kappa shape index (κ1) is 17.2. The molecule has 3 heterocycles. The average Bonchev–Trinajstić information content (AvgIpc) is 3.27. The molecule has 0 bridgehead atoms. The maximum absolute atomic E-state index is 13.1. The van der Waals surface area contributed by atoms with Gasteiger partial charge in [-0.1, -0.05) is 35.6 Å². The average molecular weight is 385 g/mol. The lowest BCUT2D eigenvalue weighted by molar-refractivity contribution is 0.0720. The summed E-state index contributed by atoms with van der Waals surface area (Å²) in [6, 6.07) is 10.9. The molecule has 4 aromatic rings. The Morgan fingerprint density at radius 1 is 1.19 bits per heavy atom. The molecule has 0 saturated heterocycles. The third-order valence-corrected chi connectivity index (χ3v) is 5.00. The van der Waals surface area contributed by atoms with Crippen LogP contribution < -0.4 is 5.32 Å². The van der Waals surface area contributed by atoms with Crippen molar-refractivity contribution in [3.8, 4) is 10.7 Å². The molecule has 0 radical (unpaired) electrons. The lowest BCUT2D eigenvalue weighted by atomic mass is 10.2. The van der Waals surface area contributed by atoms with E-state index in [-0.39, 0.29) is 11.5 Å². The molecule has 6 nitrogen and oxygen atoms in total. The van der Waals surface area contributed by atoms with Crippen LogP contribution in [-0.4, -0.2) is 25.4 Å². The number of hydrogen-bond donors (Lipinski definition) is 1. The number of thiazole rings is 1. The first-order valence-electron chi connectivity index (χ1n) is 7.99. The number of nitrogens with one attached hydrogen (secondary N) is 1. The van der Waals surface area contributed by atoms with Crippen molar-refractivity contribution in [1.29, 1.82) is 0 Å². The molecule has 0 unspecified atom stereocenters. The Hall–Kier alpha value is -3.20. The van der Waals surface area contributed by atoms with Crippen molar-refractivity contribution in [2.24, 2.45) is 0 Å². The number of benzene rings is 1. The van der Waals surface area contributed by atoms with Crippen molar-refractivity contribution < 1.29 is 13.6 Å². The van der Waals surface area contributed by atoms with Crippen molar-refractivity contribution in [3.63, 3.8) is 0 Å². The minimum atomic E-state index is -2.70. The molecule has 0 aliphatic rings. The van der Waals surface area contributed by atoms with Crippen molar-refractivity contribution in [2.45, 2.75) is 13.5 Å². The minimum absolute atomic E-state index is 0.115. The van der Waals surface area contributed by atoms with E-state index in [0.29, 0.717) is 21.2 Å². The standard InChI is InChI=1S/C18H13F2N5OS/c1-10-14(15-21-8-9-25(15)17(19)20)27-18(22-10)24-16(26)13-7-6-11-4-2-3-5-12(11)23-13/h2-9,17H,1H3,(H,22,24,26). The number of pyridine rings is 1. The van der Waals surface area contributed by atoms with Gasteiger partial charge in [0.05, 0.1) is 16.1 Å². The van der Waals surface area contributed by atoms with Gasteiger partial charge in [-0.3, -0.25) is 14.7 Å². The van der Waals surface area contributed by atoms with Crippen LogP contribution in [0.4, 0.5) is 13.9 Å². The molecule has 136 valence electrons. The van der Waals surface area contributed by atoms with Crippen molar-refractivity contribution in [2.75, 3.05) is 5.32 Å². The van der Waals surface area contributed by atoms with E-state index in [1.54, 1.807) is 13.0 Å². The van der Waals surface area contributed by atoms with Crippen LogP contribution in [0.2, 0.25) is 0 Å². The number of alkyl halides is 2. The van der Waals surface area contributed by atoms with Gasteiger partial charge >= 0.3 is 6.55 Å². The number of aromatic nitrogens is 4. The van der Waals surface area contributed by atoms with E-state index in [0.717, 1.165) is 21.3 Å². The molecule has 4 rings (SSSR count). The fourth-order valence-electron chi connectivity index (χ4n) is 2.66. The summed E-state index contributed by atoms with van der Waals surface area (Å²) < 4.78 is 26.9. The summed E-state index contributed by atoms with van der Waals surface area (Å²) in [6.07, 6.45) is 2.51. The largest absolute Gasteiger partial charge is 0.320 e. The first-order valence-corrected chi connectivity index (χ1v) is 8.80. The Labute approximate surface area is 156 Å². The summed E-state index contributed by atoms with van der Waals surface area (Å²) in [4.78, 5) is 25.5. The lowest BCUT2D eigenvalue weighted by Gasteiger charge is -2.04. The Balaban J connectivity index is 1.61. The molecule has 1 aromatic carbocycles. The summed E-state index contributed by atoms with van der Waals surface area (Å²) in [5.74, 6) is -0.303. The summed E-state index contributed by atoms with van der Waals surface area (Å²) in [6.45, 7) is -1.02. The number of nitrogens with zero attached hydrogens (tertiary/aromatic N) is 4. The van der Waals surface area contributed by atoms with Crippen LogP contribution in [0.15, 0.2) is 48.8 Å². The number of anilines is 1. The molecular formula is C18H13F2N5OS. The number of carbonyl (C=O) groups is 1. The predicted octanol–water partition coefficient (Wildman–Crippen LogP) is 4.51. The zero-order valence-corrected chi connectivity index (χ0v) is 14.9. The maximum Gasteiger partial charge on any atom is 0.320 e. The highest BCUT2D eigenvalue weighted by Gasteiger charge is 2.20. The van der Waals surface area contributed by atoms with Crippen molar-refractivity contribution >= 4 is 33.3 Å². The third-order valence-electron chi connectivity index (χ3n) is 3.93. The van der Waals surface area contributed by atoms with Gasteiger partial charge in [0.25, 0.3) is 5.91 Å². The van der Waals surface area contributed by atoms with E-state index < -0.39 is 12.5 Å². The number of carbonyl (C=O) groups excluding carboxylic acids is 1. The number of amides is 1. The molecule has 0 saturated carbocycles. The van der Waals surface area contributed by atoms with Gasteiger partial charge in [-0.15, -0.1) is 0 Å². The molecule has 0 aliphatic carbocycles. The number of imidazole rings is 1. The molecular weight excluding hydrogens is 372 g/mol. The van der Waals surface area contributed by atoms with Crippen LogP contribution in [0, 0.1) is 6.92 Å². The van der Waals surface area contributed by atoms with Gasteiger partial charge in [0.2, 0.25) is 0 Å². The topological polar surface area (TPSA) is 72.7 Å². The van der Waals surface area contributed by atoms with Gasteiger partial charge < -0.3 is 0 Å². The van der Waals surface area contributed by atoms with E-state index in [1.807, 2.05) is 30.3 Å². The number of halogens is 2. The molecule has 0 atom stereocenters. The Morgan fingerprint density at radius 3 is 2.81 bits per heavy atom. The van der Waals surface area contributed by atoms with Crippen molar-refractivity contribution in [3.05, 3.63) is 60.2 Å². The summed E-state index contributed by atoms with van der Waals surface area (Å²) in [5, 5.41) is 3.90. The molecule has 9 heteroatoms. The Bertz CT molecular complexity index is 1140. The molecule has 27 heavy (non-hydrogen) atoms. The fraction of sp³-hybridized carbons (Fsp3) is 0.111. The SMILES string of the molecule is Cc1nc(NC(=O)c2ccc3ccccc3n2)sc1-c1nccn1C(F)F. The van der Waals surface area contributed by atoms with Gasteiger partial charge in [-0.05, 0) is 19.1 Å². The summed E-state index contributed by atoms with van der Waals surface area (Å²) in [7, 11) is 0. The van der Waals surface area contributed by atoms with Crippen LogP contribution in [0.25, 0.3) is 21.6 Å². The van der Waals surface area contributed by atoms with E-state index in [9.17, 15) is 13.6 Å². The first-order chi connectivity index (χ1) is 13.0. The van der Waals surface area contributed by atoms with Gasteiger partial charge in [0.1, 0.15) is 5.69 Å². The van der Waals surface area contributed by atoms with E-state index >= 15 is 0 Å². The normalized spacial score (nSPS) is 11.3. The van der Waals surface area contributed by atoms with E-state index in [4.69, 9.17) is 0 Å². The lowest BCUT2D eigenvalue weighted by Crippen LogP contribution is -2.13. The monoisotopic (exact) mass is 385 g/mol. The highest BCUT2D eigenvalue weighted by atomic mass is 32.1. The highest BCUT2D eigenvalue weighted by Crippen LogP contribution is 2.33. The maximum atomic E-state index is 13.1. The summed E-state index contributed by atoms with van der Waals surface area (Å²) >= 11 is 1.09. The molecule has 0 fully saturated rings. The molecule has 3 aromatic heterocycles. The van der Waals surface area contributed by atoms with Crippen LogP contribution >= 0.6 is 11.3 Å². The predicted molar refractivity (Wildman–Crippen MR) is 99.0 cm³/mol. The molecule has 0 spiro atoms. The van der Waals surface area contributed by atoms with Gasteiger partial charge in [0.15, 0.2) is 11.0 Å². The highest BCUT2D eigenvalue weighted by molar-refractivity contribution is 7.19. The smallest absolute Gasteiger partial charge is 0.296 e. The zero-order valence-electron chi connectivity index (χ0n) is 14.1. The van der Waals surface area contributed by atoms with Gasteiger partial charge in [0, 0.05) is 17.8 Å². The summed E-state index contributed by atoms with van der Waals surface area (Å²) in [5.41, 5.74) is 1.46. The third kappa shape index (κ3) is 3.28. The van der Waals surface area contributed by atoms with Crippen LogP contribution in [0.3, 0.4) is 0 Å². The van der Waals surface area contributed by atoms with Crippen LogP contribution in [0.1, 0.15) is 22.7 Å². The Kier molecular flexibility index (Phi) is 4.36. The quantitative estimate of drug-likeness (QED) is 0.561. The minimum Gasteiger partial charge on any atom is -0.296 e. The van der Waals surface area contributed by atoms with Gasteiger partial charge in [-0.2, -0.15) is 8.78 Å². The second-order valence-corrected chi connectivity index (χ2v) is 6.71. The van der Waals surface area contributed by atoms with Gasteiger partial charge in [-0.25, -0.2) is 15.0 Å². The van der Waals surface area contributed by atoms with Crippen LogP contribution in [0.5, 0.6) is 0 Å².